The highest BCUT2D eigenvalue weighted by atomic mass is 16.6. The Morgan fingerprint density at radius 2 is 2.14 bits per heavy atom. The number of rotatable bonds is 7. The fourth-order valence-corrected chi connectivity index (χ4v) is 1.75. The topological polar surface area (TPSA) is 75.9 Å². The Bertz CT molecular complexity index is 461. The summed E-state index contributed by atoms with van der Waals surface area (Å²) in [4.78, 5) is 16.0. The molecule has 0 atom stereocenters. The second-order valence-corrected chi connectivity index (χ2v) is 5.85. The Morgan fingerprint density at radius 3 is 2.73 bits per heavy atom. The SMILES string of the molecule is CCNC(=NCCC(=O)OC(C)(C)C)NCCc1ccco1. The Hall–Kier alpha value is -1.98. The van der Waals surface area contributed by atoms with Crippen molar-refractivity contribution in [1.29, 1.82) is 0 Å². The van der Waals surface area contributed by atoms with Gasteiger partial charge in [-0.25, -0.2) is 0 Å². The van der Waals surface area contributed by atoms with Crippen molar-refractivity contribution in [1.82, 2.24) is 10.6 Å². The van der Waals surface area contributed by atoms with Crippen molar-refractivity contribution in [3.8, 4) is 0 Å². The molecular formula is C16H27N3O3. The molecule has 0 aliphatic rings. The summed E-state index contributed by atoms with van der Waals surface area (Å²) in [6.07, 6.45) is 2.71. The third kappa shape index (κ3) is 8.34. The van der Waals surface area contributed by atoms with Gasteiger partial charge in [0.15, 0.2) is 5.96 Å². The smallest absolute Gasteiger partial charge is 0.308 e. The predicted octanol–water partition coefficient (Wildman–Crippen LogP) is 2.11. The van der Waals surface area contributed by atoms with Crippen LogP contribution >= 0.6 is 0 Å². The predicted molar refractivity (Wildman–Crippen MR) is 86.9 cm³/mol. The quantitative estimate of drug-likeness (QED) is 0.458. The van der Waals surface area contributed by atoms with Crippen LogP contribution in [0.4, 0.5) is 0 Å². The molecule has 0 spiro atoms. The summed E-state index contributed by atoms with van der Waals surface area (Å²) in [6, 6.07) is 3.81. The van der Waals surface area contributed by atoms with Crippen LogP contribution < -0.4 is 10.6 Å². The number of hydrogen-bond acceptors (Lipinski definition) is 4. The molecule has 6 nitrogen and oxygen atoms in total. The fourth-order valence-electron chi connectivity index (χ4n) is 1.75. The summed E-state index contributed by atoms with van der Waals surface area (Å²) < 4.78 is 10.5. The first kappa shape index (κ1) is 18.1. The zero-order valence-corrected chi connectivity index (χ0v) is 13.9. The van der Waals surface area contributed by atoms with Gasteiger partial charge < -0.3 is 19.8 Å². The Balaban J connectivity index is 2.33. The van der Waals surface area contributed by atoms with Crippen LogP contribution in [-0.2, 0) is 16.0 Å². The van der Waals surface area contributed by atoms with Crippen LogP contribution in [0.15, 0.2) is 27.8 Å². The molecule has 0 aliphatic carbocycles. The molecule has 0 saturated carbocycles. The normalized spacial score (nSPS) is 12.1. The van der Waals surface area contributed by atoms with Crippen LogP contribution in [0.2, 0.25) is 0 Å². The molecule has 0 aliphatic heterocycles. The standard InChI is InChI=1S/C16H27N3O3/c1-5-17-15(18-10-8-13-7-6-12-21-13)19-11-9-14(20)22-16(2,3)4/h6-7,12H,5,8-11H2,1-4H3,(H2,17,18,19). The molecule has 124 valence electrons. The highest BCUT2D eigenvalue weighted by Gasteiger charge is 2.15. The summed E-state index contributed by atoms with van der Waals surface area (Å²) in [5, 5.41) is 6.35. The van der Waals surface area contributed by atoms with E-state index < -0.39 is 5.60 Å². The molecule has 0 bridgehead atoms. The molecule has 1 aromatic heterocycles. The fraction of sp³-hybridized carbons (Fsp3) is 0.625. The van der Waals surface area contributed by atoms with Gasteiger partial charge in [-0.15, -0.1) is 0 Å². The highest BCUT2D eigenvalue weighted by Crippen LogP contribution is 2.08. The lowest BCUT2D eigenvalue weighted by Crippen LogP contribution is -2.38. The van der Waals surface area contributed by atoms with E-state index in [1.54, 1.807) is 6.26 Å². The molecule has 1 rings (SSSR count). The van der Waals surface area contributed by atoms with Gasteiger partial charge in [0, 0.05) is 19.5 Å². The highest BCUT2D eigenvalue weighted by molar-refractivity contribution is 5.80. The van der Waals surface area contributed by atoms with Gasteiger partial charge in [0.1, 0.15) is 11.4 Å². The largest absolute Gasteiger partial charge is 0.469 e. The first-order chi connectivity index (χ1) is 10.4. The summed E-state index contributed by atoms with van der Waals surface area (Å²) in [6.45, 7) is 9.44. The average Bonchev–Trinajstić information content (AvgIpc) is 2.89. The minimum Gasteiger partial charge on any atom is -0.469 e. The molecule has 1 heterocycles. The number of esters is 1. The maximum absolute atomic E-state index is 11.6. The number of carbonyl (C=O) groups is 1. The minimum absolute atomic E-state index is 0.234. The number of nitrogens with zero attached hydrogens (tertiary/aromatic N) is 1. The lowest BCUT2D eigenvalue weighted by Gasteiger charge is -2.19. The Morgan fingerprint density at radius 1 is 1.36 bits per heavy atom. The van der Waals surface area contributed by atoms with E-state index in [1.165, 1.54) is 0 Å². The van der Waals surface area contributed by atoms with Gasteiger partial charge in [0.05, 0.1) is 19.2 Å². The molecule has 0 aromatic carbocycles. The molecule has 6 heteroatoms. The van der Waals surface area contributed by atoms with Crippen LogP contribution in [0.1, 0.15) is 39.9 Å². The van der Waals surface area contributed by atoms with E-state index >= 15 is 0 Å². The Labute approximate surface area is 132 Å². The summed E-state index contributed by atoms with van der Waals surface area (Å²) in [5.74, 6) is 1.39. The third-order valence-electron chi connectivity index (χ3n) is 2.59. The van der Waals surface area contributed by atoms with Crippen LogP contribution in [0.5, 0.6) is 0 Å². The van der Waals surface area contributed by atoms with Crippen molar-refractivity contribution in [2.75, 3.05) is 19.6 Å². The van der Waals surface area contributed by atoms with Crippen molar-refractivity contribution in [3.63, 3.8) is 0 Å². The molecule has 1 aromatic rings. The molecule has 0 amide bonds. The van der Waals surface area contributed by atoms with Crippen molar-refractivity contribution >= 4 is 11.9 Å². The van der Waals surface area contributed by atoms with E-state index in [0.29, 0.717) is 19.0 Å². The maximum atomic E-state index is 11.6. The van der Waals surface area contributed by atoms with E-state index in [4.69, 9.17) is 9.15 Å². The Kier molecular flexibility index (Phi) is 7.49. The monoisotopic (exact) mass is 309 g/mol. The zero-order valence-electron chi connectivity index (χ0n) is 13.9. The van der Waals surface area contributed by atoms with Crippen molar-refractivity contribution in [3.05, 3.63) is 24.2 Å². The van der Waals surface area contributed by atoms with E-state index in [9.17, 15) is 4.79 Å². The van der Waals surface area contributed by atoms with E-state index in [-0.39, 0.29) is 12.4 Å². The van der Waals surface area contributed by atoms with Crippen LogP contribution in [0.25, 0.3) is 0 Å². The van der Waals surface area contributed by atoms with Gasteiger partial charge in [-0.1, -0.05) is 0 Å². The lowest BCUT2D eigenvalue weighted by atomic mass is 10.2. The molecule has 2 N–H and O–H groups in total. The maximum Gasteiger partial charge on any atom is 0.308 e. The summed E-state index contributed by atoms with van der Waals surface area (Å²) >= 11 is 0. The van der Waals surface area contributed by atoms with Crippen molar-refractivity contribution < 1.29 is 13.9 Å². The summed E-state index contributed by atoms with van der Waals surface area (Å²) in [7, 11) is 0. The van der Waals surface area contributed by atoms with Crippen molar-refractivity contribution in [2.24, 2.45) is 4.99 Å². The molecule has 0 unspecified atom stereocenters. The van der Waals surface area contributed by atoms with Crippen LogP contribution in [0, 0.1) is 0 Å². The van der Waals surface area contributed by atoms with Gasteiger partial charge >= 0.3 is 5.97 Å². The first-order valence-corrected chi connectivity index (χ1v) is 7.67. The molecule has 0 radical (unpaired) electrons. The third-order valence-corrected chi connectivity index (χ3v) is 2.59. The van der Waals surface area contributed by atoms with Crippen molar-refractivity contribution in [2.45, 2.75) is 46.1 Å². The van der Waals surface area contributed by atoms with E-state index in [2.05, 4.69) is 15.6 Å². The number of carbonyl (C=O) groups excluding carboxylic acids is 1. The molecule has 0 fully saturated rings. The van der Waals surface area contributed by atoms with Gasteiger partial charge in [-0.05, 0) is 39.8 Å². The number of aliphatic imine (C=N–C) groups is 1. The number of furan rings is 1. The summed E-state index contributed by atoms with van der Waals surface area (Å²) in [5.41, 5.74) is -0.452. The second kappa shape index (κ2) is 9.12. The van der Waals surface area contributed by atoms with Gasteiger partial charge in [0.25, 0.3) is 0 Å². The molecule has 0 saturated heterocycles. The van der Waals surface area contributed by atoms with E-state index in [0.717, 1.165) is 18.7 Å². The number of nitrogens with one attached hydrogen (secondary N) is 2. The molecule has 22 heavy (non-hydrogen) atoms. The number of ether oxygens (including phenoxy) is 1. The van der Waals surface area contributed by atoms with E-state index in [1.807, 2.05) is 39.8 Å². The molecular weight excluding hydrogens is 282 g/mol. The second-order valence-electron chi connectivity index (χ2n) is 5.85. The first-order valence-electron chi connectivity index (χ1n) is 7.67. The lowest BCUT2D eigenvalue weighted by molar-refractivity contribution is -0.154. The van der Waals surface area contributed by atoms with Gasteiger partial charge in [-0.3, -0.25) is 9.79 Å². The number of hydrogen-bond donors (Lipinski definition) is 2. The zero-order chi connectivity index (χ0) is 16.4. The minimum atomic E-state index is -0.452. The van der Waals surface area contributed by atoms with Crippen LogP contribution in [0.3, 0.4) is 0 Å². The average molecular weight is 309 g/mol. The van der Waals surface area contributed by atoms with Crippen LogP contribution in [-0.4, -0.2) is 37.2 Å². The van der Waals surface area contributed by atoms with Gasteiger partial charge in [0.2, 0.25) is 0 Å². The number of guanidine groups is 1. The van der Waals surface area contributed by atoms with Gasteiger partial charge in [-0.2, -0.15) is 0 Å².